The summed E-state index contributed by atoms with van der Waals surface area (Å²) in [7, 11) is -1.25. The maximum absolute atomic E-state index is 12.3. The van der Waals surface area contributed by atoms with Gasteiger partial charge < -0.3 is 15.2 Å². The van der Waals surface area contributed by atoms with E-state index in [0.29, 0.717) is 0 Å². The summed E-state index contributed by atoms with van der Waals surface area (Å²) in [4.78, 5) is 25.3. The van der Waals surface area contributed by atoms with Gasteiger partial charge in [0.2, 0.25) is 11.8 Å². The Morgan fingerprint density at radius 1 is 1.28 bits per heavy atom. The van der Waals surface area contributed by atoms with Crippen LogP contribution in [0.4, 0.5) is 5.69 Å². The van der Waals surface area contributed by atoms with Crippen molar-refractivity contribution in [3.05, 3.63) is 24.3 Å². The highest BCUT2D eigenvalue weighted by molar-refractivity contribution is 8.00. The molecule has 1 fully saturated rings. The molecule has 29 heavy (non-hydrogen) atoms. The van der Waals surface area contributed by atoms with Crippen molar-refractivity contribution in [1.82, 2.24) is 5.32 Å². The fourth-order valence-corrected chi connectivity index (χ4v) is 3.35. The number of anilines is 1. The van der Waals surface area contributed by atoms with Crippen molar-refractivity contribution in [1.29, 1.82) is 0 Å². The lowest BCUT2D eigenvalue weighted by Crippen LogP contribution is -2.31. The number of carbonyl (C=O) groups is 2. The molecule has 0 spiro atoms. The fraction of sp³-hybridized carbons (Fsp3) is 0.556. The van der Waals surface area contributed by atoms with Gasteiger partial charge in [0.15, 0.2) is 0 Å². The molecule has 2 rings (SSSR count). The molecular formula is C18H31N3O6S2. The number of nitrogens with two attached hydrogens (primary N) is 1. The molecule has 9 nitrogen and oxygen atoms in total. The monoisotopic (exact) mass is 449 g/mol. The number of imide groups is 1. The van der Waals surface area contributed by atoms with Gasteiger partial charge in [0.1, 0.15) is 5.75 Å². The summed E-state index contributed by atoms with van der Waals surface area (Å²) in [6.07, 6.45) is 0.138. The number of amides is 2. The molecule has 1 saturated heterocycles. The predicted octanol–water partition coefficient (Wildman–Crippen LogP) is 1.53. The highest BCUT2D eigenvalue weighted by Gasteiger charge is 2.39. The van der Waals surface area contributed by atoms with E-state index in [4.69, 9.17) is 9.92 Å². The molecule has 166 valence electrons. The first-order valence-corrected chi connectivity index (χ1v) is 11.5. The number of nitrogens with zero attached hydrogens (tertiary/aromatic N) is 1. The van der Waals surface area contributed by atoms with Crippen molar-refractivity contribution in [2.45, 2.75) is 32.4 Å². The van der Waals surface area contributed by atoms with Gasteiger partial charge in [-0.05, 0) is 38.0 Å². The van der Waals surface area contributed by atoms with Gasteiger partial charge in [0, 0.05) is 12.5 Å². The van der Waals surface area contributed by atoms with Gasteiger partial charge in [0.25, 0.3) is 0 Å². The van der Waals surface area contributed by atoms with Crippen molar-refractivity contribution < 1.29 is 26.4 Å². The third kappa shape index (κ3) is 9.59. The van der Waals surface area contributed by atoms with E-state index < -0.39 is 15.6 Å². The van der Waals surface area contributed by atoms with Gasteiger partial charge in [-0.25, -0.2) is 9.08 Å². The molecule has 2 amide bonds. The topological polar surface area (TPSA) is 128 Å². The maximum atomic E-state index is 12.3. The van der Waals surface area contributed by atoms with Gasteiger partial charge in [-0.3, -0.25) is 9.59 Å². The summed E-state index contributed by atoms with van der Waals surface area (Å²) in [6.45, 7) is 7.70. The van der Waals surface area contributed by atoms with Gasteiger partial charge >= 0.3 is 10.4 Å². The van der Waals surface area contributed by atoms with Crippen molar-refractivity contribution >= 4 is 39.7 Å². The Balaban J connectivity index is 0.000000975. The summed E-state index contributed by atoms with van der Waals surface area (Å²) in [5.41, 5.74) is 5.12. The van der Waals surface area contributed by atoms with Crippen LogP contribution in [-0.4, -0.2) is 58.5 Å². The van der Waals surface area contributed by atoms with E-state index >= 15 is 0 Å². The average molecular weight is 450 g/mol. The van der Waals surface area contributed by atoms with Crippen molar-refractivity contribution in [3.63, 3.8) is 0 Å². The van der Waals surface area contributed by atoms with Crippen LogP contribution in [0.2, 0.25) is 0 Å². The molecule has 1 aliphatic rings. The summed E-state index contributed by atoms with van der Waals surface area (Å²) in [5.74, 6) is 0.0742. The molecule has 0 aromatic heterocycles. The highest BCUT2D eigenvalue weighted by Crippen LogP contribution is 2.31. The van der Waals surface area contributed by atoms with Crippen LogP contribution in [0.1, 0.15) is 27.2 Å². The molecule has 0 radical (unpaired) electrons. The van der Waals surface area contributed by atoms with Crippen molar-refractivity contribution in [2.24, 2.45) is 5.73 Å². The molecule has 0 aliphatic carbocycles. The normalized spacial score (nSPS) is 15.9. The van der Waals surface area contributed by atoms with Gasteiger partial charge in [-0.1, -0.05) is 26.8 Å². The molecule has 1 aliphatic heterocycles. The first kappa shape index (κ1) is 27.3. The third-order valence-electron chi connectivity index (χ3n) is 3.30. The van der Waals surface area contributed by atoms with E-state index in [9.17, 15) is 18.0 Å². The number of carbonyl (C=O) groups excluding carboxylic acids is 2. The van der Waals surface area contributed by atoms with E-state index in [1.165, 1.54) is 30.0 Å². The van der Waals surface area contributed by atoms with E-state index in [0.717, 1.165) is 30.9 Å². The zero-order valence-electron chi connectivity index (χ0n) is 17.5. The second kappa shape index (κ2) is 14.3. The molecule has 1 heterocycles. The fourth-order valence-electron chi connectivity index (χ4n) is 2.03. The SMILES string of the molecule is CCN.CCNC.CCSC1CC(=O)N(c2cccc(OS(=O)(=O)OC)c2)C1=O. The Morgan fingerprint density at radius 3 is 2.34 bits per heavy atom. The van der Waals surface area contributed by atoms with E-state index in [1.54, 1.807) is 6.07 Å². The molecule has 0 saturated carbocycles. The Morgan fingerprint density at radius 2 is 1.86 bits per heavy atom. The van der Waals surface area contributed by atoms with Crippen LogP contribution in [0.3, 0.4) is 0 Å². The van der Waals surface area contributed by atoms with Crippen molar-refractivity contribution in [3.8, 4) is 5.75 Å². The van der Waals surface area contributed by atoms with Crippen LogP contribution < -0.4 is 20.1 Å². The van der Waals surface area contributed by atoms with Gasteiger partial charge in [-0.15, -0.1) is 11.8 Å². The predicted molar refractivity (Wildman–Crippen MR) is 116 cm³/mol. The Kier molecular flexibility index (Phi) is 13.5. The minimum absolute atomic E-state index is 0.0356. The lowest BCUT2D eigenvalue weighted by molar-refractivity contribution is -0.121. The minimum atomic E-state index is -4.15. The maximum Gasteiger partial charge on any atom is 0.448 e. The molecule has 1 unspecified atom stereocenters. The number of benzene rings is 1. The van der Waals surface area contributed by atoms with Gasteiger partial charge in [-0.2, -0.15) is 8.42 Å². The first-order valence-electron chi connectivity index (χ1n) is 9.14. The molecule has 1 aromatic carbocycles. The molecule has 0 bridgehead atoms. The summed E-state index contributed by atoms with van der Waals surface area (Å²) in [5, 5.41) is 2.53. The quantitative estimate of drug-likeness (QED) is 0.596. The highest BCUT2D eigenvalue weighted by atomic mass is 32.3. The number of hydrogen-bond acceptors (Lipinski definition) is 9. The van der Waals surface area contributed by atoms with E-state index in [1.807, 2.05) is 20.9 Å². The smallest absolute Gasteiger partial charge is 0.362 e. The molecular weight excluding hydrogens is 418 g/mol. The first-order chi connectivity index (χ1) is 13.7. The van der Waals surface area contributed by atoms with Crippen molar-refractivity contribution in [2.75, 3.05) is 37.9 Å². The zero-order chi connectivity index (χ0) is 22.4. The lowest BCUT2D eigenvalue weighted by Gasteiger charge is -2.15. The minimum Gasteiger partial charge on any atom is -0.362 e. The van der Waals surface area contributed by atoms with Crippen LogP contribution in [0.25, 0.3) is 0 Å². The standard InChI is InChI=1S/C13H15NO6S2.C3H9N.C2H7N/c1-3-21-11-8-12(15)14(13(11)16)9-5-4-6-10(7-9)20-22(17,18)19-2;1-3-4-2;1-2-3/h4-7,11H,3,8H2,1-2H3;4H,3H2,1-2H3;2-3H2,1H3. The van der Waals surface area contributed by atoms with Crippen LogP contribution in [0.5, 0.6) is 5.75 Å². The van der Waals surface area contributed by atoms with Crippen LogP contribution in [0, 0.1) is 0 Å². The molecule has 3 N–H and O–H groups in total. The lowest BCUT2D eigenvalue weighted by atomic mass is 10.3. The average Bonchev–Trinajstić information content (AvgIpc) is 2.96. The summed E-state index contributed by atoms with van der Waals surface area (Å²) >= 11 is 1.41. The van der Waals surface area contributed by atoms with Crippen LogP contribution >= 0.6 is 11.8 Å². The zero-order valence-corrected chi connectivity index (χ0v) is 19.1. The molecule has 1 atom stereocenters. The molecule has 11 heteroatoms. The van der Waals surface area contributed by atoms with Crippen LogP contribution in [-0.2, 0) is 24.2 Å². The Bertz CT molecular complexity index is 741. The second-order valence-electron chi connectivity index (χ2n) is 5.49. The number of hydrogen-bond donors (Lipinski definition) is 2. The Labute approximate surface area is 177 Å². The number of thioether (sulfide) groups is 1. The van der Waals surface area contributed by atoms with Crippen LogP contribution in [0.15, 0.2) is 24.3 Å². The largest absolute Gasteiger partial charge is 0.448 e. The number of nitrogens with one attached hydrogen (secondary N) is 1. The van der Waals surface area contributed by atoms with E-state index in [-0.39, 0.29) is 29.7 Å². The van der Waals surface area contributed by atoms with Gasteiger partial charge in [0.05, 0.1) is 18.0 Å². The van der Waals surface area contributed by atoms with E-state index in [2.05, 4.69) is 16.4 Å². The molecule has 1 aromatic rings. The third-order valence-corrected chi connectivity index (χ3v) is 5.21. The second-order valence-corrected chi connectivity index (χ2v) is 8.28. The summed E-state index contributed by atoms with van der Waals surface area (Å²) in [6, 6.07) is 5.74. The Hall–Kier alpha value is -1.66. The summed E-state index contributed by atoms with van der Waals surface area (Å²) < 4.78 is 31.4. The number of rotatable bonds is 7.